The average Bonchev–Trinajstić information content (AvgIpc) is 2.96. The van der Waals surface area contributed by atoms with Gasteiger partial charge < -0.3 is 4.74 Å². The number of halogens is 4. The molecule has 0 bridgehead atoms. The van der Waals surface area contributed by atoms with Crippen molar-refractivity contribution in [3.8, 4) is 11.6 Å². The van der Waals surface area contributed by atoms with Crippen LogP contribution in [0, 0.1) is 0 Å². The molecular weight excluding hydrogens is 355 g/mol. The summed E-state index contributed by atoms with van der Waals surface area (Å²) in [5, 5.41) is 1.41. The van der Waals surface area contributed by atoms with E-state index in [4.69, 9.17) is 11.6 Å². The number of aromatic nitrogens is 3. The lowest BCUT2D eigenvalue weighted by Gasteiger charge is -2.09. The minimum absolute atomic E-state index is 0.320. The lowest BCUT2D eigenvalue weighted by molar-refractivity contribution is -0.274. The molecule has 4 nitrogen and oxygen atoms in total. The minimum atomic E-state index is -4.74. The molecule has 0 unspecified atom stereocenters. The van der Waals surface area contributed by atoms with Crippen LogP contribution in [-0.4, -0.2) is 20.9 Å². The Morgan fingerprint density at radius 1 is 1.04 bits per heavy atom. The number of pyridine rings is 1. The summed E-state index contributed by atoms with van der Waals surface area (Å²) in [6.45, 7) is 0. The van der Waals surface area contributed by atoms with Crippen LogP contribution in [-0.2, 0) is 0 Å². The summed E-state index contributed by atoms with van der Waals surface area (Å²) in [7, 11) is 0. The SMILES string of the molecule is FC(F)(F)Oc1ccc2c(c1)ncn2-c1ccc2cccc(Cl)c2n1. The predicted molar refractivity (Wildman–Crippen MR) is 88.1 cm³/mol. The second-order valence-corrected chi connectivity index (χ2v) is 5.70. The summed E-state index contributed by atoms with van der Waals surface area (Å²) >= 11 is 6.18. The lowest BCUT2D eigenvalue weighted by Crippen LogP contribution is -2.17. The third kappa shape index (κ3) is 2.98. The van der Waals surface area contributed by atoms with E-state index < -0.39 is 6.36 Å². The summed E-state index contributed by atoms with van der Waals surface area (Å²) in [4.78, 5) is 8.66. The van der Waals surface area contributed by atoms with Crippen LogP contribution < -0.4 is 4.74 Å². The van der Waals surface area contributed by atoms with Gasteiger partial charge in [0.05, 0.1) is 21.6 Å². The molecule has 0 saturated heterocycles. The first-order valence-corrected chi connectivity index (χ1v) is 7.57. The standard InChI is InChI=1S/C17H9ClF3N3O/c18-12-3-1-2-10-4-7-15(23-16(10)12)24-9-22-13-8-11(5-6-14(13)24)25-17(19,20)21/h1-9H. The Bertz CT molecular complexity index is 1090. The van der Waals surface area contributed by atoms with Gasteiger partial charge in [0.1, 0.15) is 17.9 Å². The number of ether oxygens (including phenoxy) is 1. The molecule has 4 aromatic rings. The highest BCUT2D eigenvalue weighted by Gasteiger charge is 2.31. The first kappa shape index (κ1) is 15.7. The number of benzene rings is 2. The molecule has 2 aromatic carbocycles. The highest BCUT2D eigenvalue weighted by Crippen LogP contribution is 2.28. The molecule has 2 aromatic heterocycles. The molecule has 0 atom stereocenters. The summed E-state index contributed by atoms with van der Waals surface area (Å²) in [5.74, 6) is 0.243. The molecule has 0 aliphatic rings. The number of hydrogen-bond acceptors (Lipinski definition) is 3. The third-order valence-corrected chi connectivity index (χ3v) is 3.96. The Balaban J connectivity index is 1.81. The molecule has 0 saturated carbocycles. The average molecular weight is 364 g/mol. The summed E-state index contributed by atoms with van der Waals surface area (Å²) in [5.41, 5.74) is 1.61. The van der Waals surface area contributed by atoms with E-state index in [9.17, 15) is 13.2 Å². The van der Waals surface area contributed by atoms with Crippen LogP contribution >= 0.6 is 11.6 Å². The number of fused-ring (bicyclic) bond motifs is 2. The van der Waals surface area contributed by atoms with Crippen molar-refractivity contribution in [2.75, 3.05) is 0 Å². The number of hydrogen-bond donors (Lipinski definition) is 0. The molecule has 0 fully saturated rings. The normalized spacial score (nSPS) is 12.0. The van der Waals surface area contributed by atoms with Crippen LogP contribution in [0.15, 0.2) is 54.9 Å². The highest BCUT2D eigenvalue weighted by molar-refractivity contribution is 6.35. The van der Waals surface area contributed by atoms with Crippen molar-refractivity contribution in [1.29, 1.82) is 0 Å². The molecule has 126 valence electrons. The molecule has 0 aliphatic heterocycles. The van der Waals surface area contributed by atoms with Gasteiger partial charge >= 0.3 is 6.36 Å². The molecule has 2 heterocycles. The molecule has 4 rings (SSSR count). The maximum Gasteiger partial charge on any atom is 0.573 e. The zero-order chi connectivity index (χ0) is 17.6. The maximum absolute atomic E-state index is 12.3. The van der Waals surface area contributed by atoms with E-state index in [1.54, 1.807) is 16.7 Å². The van der Waals surface area contributed by atoms with Crippen LogP contribution in [0.4, 0.5) is 13.2 Å². The summed E-state index contributed by atoms with van der Waals surface area (Å²) in [6.07, 6.45) is -3.25. The van der Waals surface area contributed by atoms with Crippen molar-refractivity contribution in [3.63, 3.8) is 0 Å². The number of alkyl halides is 3. The number of imidazole rings is 1. The summed E-state index contributed by atoms with van der Waals surface area (Å²) in [6, 6.07) is 13.1. The van der Waals surface area contributed by atoms with E-state index >= 15 is 0 Å². The second-order valence-electron chi connectivity index (χ2n) is 5.29. The molecule has 8 heteroatoms. The smallest absolute Gasteiger partial charge is 0.406 e. The van der Waals surface area contributed by atoms with Gasteiger partial charge in [0.2, 0.25) is 0 Å². The number of nitrogens with zero attached hydrogens (tertiary/aromatic N) is 3. The first-order chi connectivity index (χ1) is 11.9. The lowest BCUT2D eigenvalue weighted by atomic mass is 10.2. The Hall–Kier alpha value is -2.80. The van der Waals surface area contributed by atoms with Gasteiger partial charge in [0.25, 0.3) is 0 Å². The van der Waals surface area contributed by atoms with E-state index in [2.05, 4.69) is 14.7 Å². The molecule has 0 spiro atoms. The van der Waals surface area contributed by atoms with E-state index in [1.165, 1.54) is 24.5 Å². The monoisotopic (exact) mass is 363 g/mol. The minimum Gasteiger partial charge on any atom is -0.406 e. The van der Waals surface area contributed by atoms with Crippen molar-refractivity contribution in [2.45, 2.75) is 6.36 Å². The maximum atomic E-state index is 12.3. The topological polar surface area (TPSA) is 39.9 Å². The van der Waals surface area contributed by atoms with E-state index in [-0.39, 0.29) is 5.75 Å². The summed E-state index contributed by atoms with van der Waals surface area (Å²) < 4.78 is 42.6. The molecule has 0 aliphatic carbocycles. The largest absolute Gasteiger partial charge is 0.573 e. The van der Waals surface area contributed by atoms with Gasteiger partial charge in [-0.05, 0) is 30.3 Å². The fraction of sp³-hybridized carbons (Fsp3) is 0.0588. The third-order valence-electron chi connectivity index (χ3n) is 3.66. The van der Waals surface area contributed by atoms with Crippen molar-refractivity contribution in [2.24, 2.45) is 0 Å². The molecule has 25 heavy (non-hydrogen) atoms. The van der Waals surface area contributed by atoms with E-state index in [0.29, 0.717) is 27.4 Å². The first-order valence-electron chi connectivity index (χ1n) is 7.19. The molecular formula is C17H9ClF3N3O. The van der Waals surface area contributed by atoms with Gasteiger partial charge in [-0.1, -0.05) is 23.7 Å². The van der Waals surface area contributed by atoms with Crippen LogP contribution in [0.2, 0.25) is 5.02 Å². The van der Waals surface area contributed by atoms with Gasteiger partial charge in [-0.3, -0.25) is 4.57 Å². The fourth-order valence-corrected chi connectivity index (χ4v) is 2.83. The molecule has 0 radical (unpaired) electrons. The Morgan fingerprint density at radius 3 is 2.68 bits per heavy atom. The Labute approximate surface area is 144 Å². The van der Waals surface area contributed by atoms with Crippen molar-refractivity contribution in [1.82, 2.24) is 14.5 Å². The quantitative estimate of drug-likeness (QED) is 0.496. The van der Waals surface area contributed by atoms with Crippen LogP contribution in [0.25, 0.3) is 27.8 Å². The predicted octanol–water partition coefficient (Wildman–Crippen LogP) is 5.13. The van der Waals surface area contributed by atoms with Crippen LogP contribution in [0.3, 0.4) is 0 Å². The van der Waals surface area contributed by atoms with Crippen molar-refractivity contribution >= 4 is 33.5 Å². The Kier molecular flexibility index (Phi) is 3.54. The molecule has 0 amide bonds. The zero-order valence-corrected chi connectivity index (χ0v) is 13.2. The molecule has 0 N–H and O–H groups in total. The number of rotatable bonds is 2. The van der Waals surface area contributed by atoms with Gasteiger partial charge in [-0.25, -0.2) is 9.97 Å². The highest BCUT2D eigenvalue weighted by atomic mass is 35.5. The van der Waals surface area contributed by atoms with Crippen molar-refractivity contribution < 1.29 is 17.9 Å². The second kappa shape index (κ2) is 5.63. The van der Waals surface area contributed by atoms with E-state index in [0.717, 1.165) is 5.39 Å². The van der Waals surface area contributed by atoms with Crippen LogP contribution in [0.1, 0.15) is 0 Å². The van der Waals surface area contributed by atoms with E-state index in [1.807, 2.05) is 18.2 Å². The van der Waals surface area contributed by atoms with Gasteiger partial charge in [-0.15, -0.1) is 13.2 Å². The van der Waals surface area contributed by atoms with Gasteiger partial charge in [0, 0.05) is 11.5 Å². The zero-order valence-electron chi connectivity index (χ0n) is 12.5. The number of para-hydroxylation sites is 1. The fourth-order valence-electron chi connectivity index (χ4n) is 2.61. The van der Waals surface area contributed by atoms with Crippen LogP contribution in [0.5, 0.6) is 5.75 Å². The van der Waals surface area contributed by atoms with Crippen molar-refractivity contribution in [3.05, 3.63) is 59.9 Å². The van der Waals surface area contributed by atoms with Gasteiger partial charge in [0.15, 0.2) is 0 Å². The Morgan fingerprint density at radius 2 is 1.88 bits per heavy atom. The van der Waals surface area contributed by atoms with Gasteiger partial charge in [-0.2, -0.15) is 0 Å².